The molecule has 0 atom stereocenters. The van der Waals surface area contributed by atoms with Crippen molar-refractivity contribution >= 4 is 29.3 Å². The molecule has 174 valence electrons. The second-order valence-electron chi connectivity index (χ2n) is 7.84. The van der Waals surface area contributed by atoms with Crippen molar-refractivity contribution in [1.82, 2.24) is 24.6 Å². The number of amides is 1. The highest BCUT2D eigenvalue weighted by atomic mass is 35.5. The van der Waals surface area contributed by atoms with Crippen molar-refractivity contribution in [3.8, 4) is 0 Å². The number of nitrogens with zero attached hydrogens (tertiary/aromatic N) is 4. The minimum Gasteiger partial charge on any atom is -0.339 e. The number of hydrogen-bond acceptors (Lipinski definition) is 5. The van der Waals surface area contributed by atoms with Crippen LogP contribution in [0.15, 0.2) is 58.5 Å². The Hall–Kier alpha value is -2.62. The van der Waals surface area contributed by atoms with Gasteiger partial charge in [-0.05, 0) is 24.1 Å². The van der Waals surface area contributed by atoms with Crippen LogP contribution in [0.1, 0.15) is 11.1 Å². The molecule has 1 saturated heterocycles. The first kappa shape index (κ1) is 23.5. The van der Waals surface area contributed by atoms with Gasteiger partial charge in [0.1, 0.15) is 5.82 Å². The first-order valence-electron chi connectivity index (χ1n) is 10.8. The zero-order valence-corrected chi connectivity index (χ0v) is 19.6. The number of rotatable bonds is 8. The van der Waals surface area contributed by atoms with E-state index >= 15 is 0 Å². The van der Waals surface area contributed by atoms with Gasteiger partial charge in [-0.25, -0.2) is 14.3 Å². The molecule has 2 heterocycles. The molecule has 1 fully saturated rings. The van der Waals surface area contributed by atoms with E-state index in [0.29, 0.717) is 61.4 Å². The molecule has 0 radical (unpaired) electrons. The van der Waals surface area contributed by atoms with E-state index in [4.69, 9.17) is 11.6 Å². The Balaban J connectivity index is 1.27. The Labute approximate surface area is 200 Å². The Morgan fingerprint density at radius 3 is 2.58 bits per heavy atom. The molecule has 0 aliphatic carbocycles. The lowest BCUT2D eigenvalue weighted by Gasteiger charge is -2.34. The lowest BCUT2D eigenvalue weighted by atomic mass is 10.1. The normalized spacial score (nSPS) is 14.5. The van der Waals surface area contributed by atoms with Gasteiger partial charge in [0, 0.05) is 49.9 Å². The maximum absolute atomic E-state index is 14.0. The number of carbonyl (C=O) groups is 1. The number of hydrogen-bond donors (Lipinski definition) is 1. The monoisotopic (exact) mass is 489 g/mol. The van der Waals surface area contributed by atoms with Crippen LogP contribution in [0.2, 0.25) is 5.02 Å². The lowest BCUT2D eigenvalue weighted by Crippen LogP contribution is -2.48. The molecule has 4 rings (SSSR count). The van der Waals surface area contributed by atoms with Crippen molar-refractivity contribution in [2.24, 2.45) is 0 Å². The molecule has 0 saturated carbocycles. The number of H-pyrrole nitrogens is 1. The molecule has 0 bridgehead atoms. The molecular formula is C23H25ClFN5O2S. The summed E-state index contributed by atoms with van der Waals surface area (Å²) in [6.07, 6.45) is 0.704. The fourth-order valence-corrected chi connectivity index (χ4v) is 4.87. The van der Waals surface area contributed by atoms with E-state index in [2.05, 4.69) is 15.1 Å². The molecule has 3 aromatic rings. The van der Waals surface area contributed by atoms with Crippen LogP contribution in [0.4, 0.5) is 4.39 Å². The molecule has 10 heteroatoms. The van der Waals surface area contributed by atoms with Crippen LogP contribution in [-0.2, 0) is 24.3 Å². The number of aryl methyl sites for hydroxylation is 1. The third-order valence-electron chi connectivity index (χ3n) is 5.68. The van der Waals surface area contributed by atoms with Gasteiger partial charge in [0.15, 0.2) is 5.16 Å². The van der Waals surface area contributed by atoms with Gasteiger partial charge in [-0.3, -0.25) is 14.3 Å². The van der Waals surface area contributed by atoms with Crippen molar-refractivity contribution in [1.29, 1.82) is 0 Å². The van der Waals surface area contributed by atoms with Crippen LogP contribution < -0.4 is 5.69 Å². The molecule has 2 aromatic carbocycles. The zero-order valence-electron chi connectivity index (χ0n) is 18.0. The molecule has 1 aromatic heterocycles. The van der Waals surface area contributed by atoms with E-state index in [0.717, 1.165) is 5.56 Å². The van der Waals surface area contributed by atoms with Crippen LogP contribution >= 0.6 is 23.4 Å². The largest absolute Gasteiger partial charge is 0.343 e. The minimum atomic E-state index is -0.310. The van der Waals surface area contributed by atoms with Gasteiger partial charge in [0.05, 0.1) is 5.75 Å². The summed E-state index contributed by atoms with van der Waals surface area (Å²) in [5, 5.41) is 7.49. The van der Waals surface area contributed by atoms with Crippen LogP contribution in [-0.4, -0.2) is 62.4 Å². The predicted molar refractivity (Wildman–Crippen MR) is 127 cm³/mol. The van der Waals surface area contributed by atoms with Gasteiger partial charge in [0.2, 0.25) is 5.91 Å². The third-order valence-corrected chi connectivity index (χ3v) is 7.00. The fourth-order valence-electron chi connectivity index (χ4n) is 3.78. The van der Waals surface area contributed by atoms with Crippen LogP contribution in [0.3, 0.4) is 0 Å². The molecule has 7 nitrogen and oxygen atoms in total. The topological polar surface area (TPSA) is 74.2 Å². The standard InChI is InChI=1S/C23H25ClFN5O2S/c24-19-7-4-8-20(25)18(19)15-28-11-13-29(14-12-28)21(31)16-33-23-27-26-22(32)30(23)10-9-17-5-2-1-3-6-17/h1-8H,9-16H2,(H,26,32). The van der Waals surface area contributed by atoms with Crippen molar-refractivity contribution in [2.75, 3.05) is 31.9 Å². The van der Waals surface area contributed by atoms with Crippen LogP contribution in [0.5, 0.6) is 0 Å². The smallest absolute Gasteiger partial charge is 0.339 e. The number of halogens is 2. The van der Waals surface area contributed by atoms with Crippen molar-refractivity contribution in [3.63, 3.8) is 0 Å². The van der Waals surface area contributed by atoms with Gasteiger partial charge in [-0.2, -0.15) is 0 Å². The van der Waals surface area contributed by atoms with Gasteiger partial charge in [-0.1, -0.05) is 59.8 Å². The summed E-state index contributed by atoms with van der Waals surface area (Å²) in [7, 11) is 0. The van der Waals surface area contributed by atoms with E-state index in [1.165, 1.54) is 17.8 Å². The zero-order chi connectivity index (χ0) is 23.2. The molecule has 0 spiro atoms. The highest BCUT2D eigenvalue weighted by Gasteiger charge is 2.23. The van der Waals surface area contributed by atoms with Gasteiger partial charge in [0.25, 0.3) is 0 Å². The summed E-state index contributed by atoms with van der Waals surface area (Å²) in [6, 6.07) is 14.6. The molecular weight excluding hydrogens is 465 g/mol. The van der Waals surface area contributed by atoms with Crippen molar-refractivity contribution in [2.45, 2.75) is 24.7 Å². The molecule has 33 heavy (non-hydrogen) atoms. The number of nitrogens with one attached hydrogen (secondary N) is 1. The highest BCUT2D eigenvalue weighted by Crippen LogP contribution is 2.22. The summed E-state index contributed by atoms with van der Waals surface area (Å²) in [5.74, 6) is -0.113. The predicted octanol–water partition coefficient (Wildman–Crippen LogP) is 3.04. The van der Waals surface area contributed by atoms with E-state index in [1.807, 2.05) is 30.3 Å². The number of benzene rings is 2. The van der Waals surface area contributed by atoms with Crippen molar-refractivity contribution < 1.29 is 9.18 Å². The second-order valence-corrected chi connectivity index (χ2v) is 9.19. The van der Waals surface area contributed by atoms with Crippen molar-refractivity contribution in [3.05, 3.63) is 81.0 Å². The van der Waals surface area contributed by atoms with E-state index < -0.39 is 0 Å². The second kappa shape index (κ2) is 11.0. The quantitative estimate of drug-likeness (QED) is 0.492. The van der Waals surface area contributed by atoms with Gasteiger partial charge < -0.3 is 4.90 Å². The molecule has 1 amide bonds. The summed E-state index contributed by atoms with van der Waals surface area (Å²) in [4.78, 5) is 28.7. The average Bonchev–Trinajstić information content (AvgIpc) is 3.19. The maximum Gasteiger partial charge on any atom is 0.343 e. The third kappa shape index (κ3) is 6.04. The number of aromatic amines is 1. The number of aromatic nitrogens is 3. The van der Waals surface area contributed by atoms with Gasteiger partial charge in [-0.15, -0.1) is 5.10 Å². The fraction of sp³-hybridized carbons (Fsp3) is 0.348. The summed E-state index contributed by atoms with van der Waals surface area (Å²) in [6.45, 7) is 3.33. The highest BCUT2D eigenvalue weighted by molar-refractivity contribution is 7.99. The lowest BCUT2D eigenvalue weighted by molar-refractivity contribution is -0.130. The van der Waals surface area contributed by atoms with Crippen LogP contribution in [0, 0.1) is 5.82 Å². The van der Waals surface area contributed by atoms with E-state index in [-0.39, 0.29) is 23.2 Å². The van der Waals surface area contributed by atoms with Gasteiger partial charge >= 0.3 is 5.69 Å². The summed E-state index contributed by atoms with van der Waals surface area (Å²) < 4.78 is 15.6. The first-order valence-corrected chi connectivity index (χ1v) is 12.1. The molecule has 0 unspecified atom stereocenters. The Morgan fingerprint density at radius 1 is 1.09 bits per heavy atom. The number of thioether (sulfide) groups is 1. The molecule has 1 aliphatic rings. The molecule has 1 aliphatic heterocycles. The SMILES string of the molecule is O=C(CSc1n[nH]c(=O)n1CCc1ccccc1)N1CCN(Cc2c(F)cccc2Cl)CC1. The number of piperazine rings is 1. The van der Waals surface area contributed by atoms with Crippen LogP contribution in [0.25, 0.3) is 0 Å². The maximum atomic E-state index is 14.0. The molecule has 1 N–H and O–H groups in total. The summed E-state index contributed by atoms with van der Waals surface area (Å²) in [5.41, 5.74) is 1.34. The minimum absolute atomic E-state index is 0.00590. The Kier molecular flexibility index (Phi) is 7.85. The Morgan fingerprint density at radius 2 is 1.85 bits per heavy atom. The first-order chi connectivity index (χ1) is 16.0. The number of carbonyl (C=O) groups excluding carboxylic acids is 1. The Bertz CT molecular complexity index is 1130. The summed E-state index contributed by atoms with van der Waals surface area (Å²) >= 11 is 7.39. The average molecular weight is 490 g/mol. The van der Waals surface area contributed by atoms with E-state index in [9.17, 15) is 14.0 Å². The van der Waals surface area contributed by atoms with E-state index in [1.54, 1.807) is 21.6 Å².